The number of carboxylic acids is 1. The quantitative estimate of drug-likeness (QED) is 0.411. The van der Waals surface area contributed by atoms with Crippen LogP contribution < -0.4 is 0 Å². The Morgan fingerprint density at radius 1 is 0.905 bits per heavy atom. The van der Waals surface area contributed by atoms with Gasteiger partial charge in [0.25, 0.3) is 0 Å². The van der Waals surface area contributed by atoms with Crippen LogP contribution in [0.15, 0.2) is 0 Å². The number of hydrogen-bond acceptors (Lipinski definition) is 2. The summed E-state index contributed by atoms with van der Waals surface area (Å²) in [7, 11) is 0. The smallest absolute Gasteiger partial charge is 0.332 e. The summed E-state index contributed by atoms with van der Waals surface area (Å²) in [6, 6.07) is 0. The van der Waals surface area contributed by atoms with Crippen LogP contribution in [0.2, 0.25) is 0 Å². The molecule has 0 spiro atoms. The van der Waals surface area contributed by atoms with Gasteiger partial charge < -0.3 is 9.84 Å². The van der Waals surface area contributed by atoms with E-state index in [4.69, 9.17) is 4.74 Å². The monoisotopic (exact) mass is 300 g/mol. The highest BCUT2D eigenvalue weighted by Gasteiger charge is 2.17. The van der Waals surface area contributed by atoms with E-state index in [9.17, 15) is 9.90 Å². The van der Waals surface area contributed by atoms with E-state index >= 15 is 0 Å². The van der Waals surface area contributed by atoms with Gasteiger partial charge >= 0.3 is 5.97 Å². The fourth-order valence-electron chi connectivity index (χ4n) is 2.67. The number of carboxylic acid groups (broad SMARTS) is 1. The topological polar surface area (TPSA) is 46.5 Å². The number of hydrogen-bond donors (Lipinski definition) is 1. The third kappa shape index (κ3) is 11.7. The Kier molecular flexibility index (Phi) is 14.0. The molecule has 3 nitrogen and oxygen atoms in total. The van der Waals surface area contributed by atoms with Gasteiger partial charge in [-0.2, -0.15) is 0 Å². The van der Waals surface area contributed by atoms with Crippen LogP contribution in [0.4, 0.5) is 0 Å². The van der Waals surface area contributed by atoms with E-state index in [1.807, 2.05) is 0 Å². The van der Waals surface area contributed by atoms with Crippen LogP contribution in [0, 0.1) is 5.92 Å². The molecule has 0 aliphatic carbocycles. The first-order valence-corrected chi connectivity index (χ1v) is 9.00. The van der Waals surface area contributed by atoms with Crippen LogP contribution >= 0.6 is 0 Å². The van der Waals surface area contributed by atoms with Crippen molar-refractivity contribution in [1.29, 1.82) is 0 Å². The largest absolute Gasteiger partial charge is 0.479 e. The predicted molar refractivity (Wildman–Crippen MR) is 88.7 cm³/mol. The van der Waals surface area contributed by atoms with Crippen LogP contribution in [0.3, 0.4) is 0 Å². The molecule has 0 aliphatic heterocycles. The van der Waals surface area contributed by atoms with E-state index in [1.165, 1.54) is 38.5 Å². The minimum absolute atomic E-state index is 0.588. The van der Waals surface area contributed by atoms with Crippen molar-refractivity contribution in [3.05, 3.63) is 0 Å². The molecule has 1 atom stereocenters. The molecule has 0 saturated heterocycles. The van der Waals surface area contributed by atoms with Gasteiger partial charge in [0.05, 0.1) is 0 Å². The van der Waals surface area contributed by atoms with Crippen LogP contribution in [-0.2, 0) is 9.53 Å². The van der Waals surface area contributed by atoms with Gasteiger partial charge in [-0.25, -0.2) is 4.79 Å². The summed E-state index contributed by atoms with van der Waals surface area (Å²) < 4.78 is 5.52. The highest BCUT2D eigenvalue weighted by molar-refractivity contribution is 5.72. The Morgan fingerprint density at radius 2 is 1.52 bits per heavy atom. The van der Waals surface area contributed by atoms with Crippen molar-refractivity contribution < 1.29 is 14.6 Å². The maximum Gasteiger partial charge on any atom is 0.332 e. The third-order valence-corrected chi connectivity index (χ3v) is 4.33. The molecule has 0 radical (unpaired) electrons. The van der Waals surface area contributed by atoms with Gasteiger partial charge in [-0.05, 0) is 18.8 Å². The van der Waals surface area contributed by atoms with Crippen molar-refractivity contribution >= 4 is 5.97 Å². The van der Waals surface area contributed by atoms with Gasteiger partial charge in [0.1, 0.15) is 0 Å². The Morgan fingerprint density at radius 3 is 2.10 bits per heavy atom. The first kappa shape index (κ1) is 20.4. The number of carbonyl (C=O) groups is 1. The third-order valence-electron chi connectivity index (χ3n) is 4.33. The molecule has 0 aromatic carbocycles. The zero-order valence-electron chi connectivity index (χ0n) is 14.4. The summed E-state index contributed by atoms with van der Waals surface area (Å²) in [5.41, 5.74) is 0. The molecule has 0 saturated carbocycles. The van der Waals surface area contributed by atoms with Crippen molar-refractivity contribution in [2.75, 3.05) is 6.61 Å². The molecule has 3 heteroatoms. The summed E-state index contributed by atoms with van der Waals surface area (Å²) in [6.07, 6.45) is 11.7. The summed E-state index contributed by atoms with van der Waals surface area (Å²) in [5.74, 6) is 0.0422. The van der Waals surface area contributed by atoms with E-state index in [0.717, 1.165) is 31.6 Å². The Labute approximate surface area is 131 Å². The number of ether oxygens (including phenoxy) is 1. The maximum atomic E-state index is 11.2. The Balaban J connectivity index is 3.67. The second kappa shape index (κ2) is 14.4. The molecule has 1 unspecified atom stereocenters. The second-order valence-electron chi connectivity index (χ2n) is 6.08. The summed E-state index contributed by atoms with van der Waals surface area (Å²) in [5, 5.41) is 9.17. The normalized spacial score (nSPS) is 12.8. The molecule has 1 N–H and O–H groups in total. The predicted octanol–water partition coefficient (Wildman–Crippen LogP) is 5.42. The van der Waals surface area contributed by atoms with E-state index in [-0.39, 0.29) is 0 Å². The highest BCUT2D eigenvalue weighted by atomic mass is 16.5. The lowest BCUT2D eigenvalue weighted by molar-refractivity contribution is -0.151. The van der Waals surface area contributed by atoms with Crippen molar-refractivity contribution in [2.45, 2.75) is 97.5 Å². The molecule has 0 fully saturated rings. The Bertz CT molecular complexity index is 237. The minimum atomic E-state index is -0.800. The van der Waals surface area contributed by atoms with Gasteiger partial charge in [-0.15, -0.1) is 0 Å². The standard InChI is InChI=1S/C18H36O3/c1-4-7-8-12-15-21-17(18(19)20)14-11-9-10-13-16(5-2)6-3/h16-17H,4-15H2,1-3H3,(H,19,20). The van der Waals surface area contributed by atoms with E-state index in [1.54, 1.807) is 0 Å². The van der Waals surface area contributed by atoms with E-state index < -0.39 is 12.1 Å². The van der Waals surface area contributed by atoms with Gasteiger partial charge in [0.15, 0.2) is 6.10 Å². The van der Waals surface area contributed by atoms with Gasteiger partial charge in [-0.3, -0.25) is 0 Å². The van der Waals surface area contributed by atoms with Gasteiger partial charge in [-0.1, -0.05) is 78.6 Å². The molecule has 126 valence electrons. The number of aliphatic carboxylic acids is 1. The van der Waals surface area contributed by atoms with E-state index in [2.05, 4.69) is 20.8 Å². The lowest BCUT2D eigenvalue weighted by atomic mass is 9.95. The SMILES string of the molecule is CCCCCCOC(CCCCCC(CC)CC)C(=O)O. The Hall–Kier alpha value is -0.570. The molecular weight excluding hydrogens is 264 g/mol. The molecule has 0 aromatic rings. The minimum Gasteiger partial charge on any atom is -0.479 e. The summed E-state index contributed by atoms with van der Waals surface area (Å²) >= 11 is 0. The molecule has 0 aromatic heterocycles. The average Bonchev–Trinajstić information content (AvgIpc) is 2.48. The molecule has 0 rings (SSSR count). The van der Waals surface area contributed by atoms with Gasteiger partial charge in [0.2, 0.25) is 0 Å². The zero-order chi connectivity index (χ0) is 15.9. The van der Waals surface area contributed by atoms with Crippen LogP contribution in [-0.4, -0.2) is 23.8 Å². The van der Waals surface area contributed by atoms with Crippen LogP contribution in [0.1, 0.15) is 91.4 Å². The fourth-order valence-corrected chi connectivity index (χ4v) is 2.67. The van der Waals surface area contributed by atoms with Crippen molar-refractivity contribution in [1.82, 2.24) is 0 Å². The lowest BCUT2D eigenvalue weighted by Gasteiger charge is -2.14. The summed E-state index contributed by atoms with van der Waals surface area (Å²) in [6.45, 7) is 7.26. The zero-order valence-corrected chi connectivity index (χ0v) is 14.4. The van der Waals surface area contributed by atoms with Crippen LogP contribution in [0.25, 0.3) is 0 Å². The fraction of sp³-hybridized carbons (Fsp3) is 0.944. The number of rotatable bonds is 15. The molecule has 0 heterocycles. The van der Waals surface area contributed by atoms with E-state index in [0.29, 0.717) is 13.0 Å². The molecular formula is C18H36O3. The van der Waals surface area contributed by atoms with Crippen LogP contribution in [0.5, 0.6) is 0 Å². The number of unbranched alkanes of at least 4 members (excludes halogenated alkanes) is 5. The molecule has 0 aliphatic rings. The highest BCUT2D eigenvalue weighted by Crippen LogP contribution is 2.18. The maximum absolute atomic E-state index is 11.2. The van der Waals surface area contributed by atoms with Crippen molar-refractivity contribution in [3.8, 4) is 0 Å². The average molecular weight is 300 g/mol. The molecule has 21 heavy (non-hydrogen) atoms. The molecule has 0 amide bonds. The first-order valence-electron chi connectivity index (χ1n) is 9.00. The van der Waals surface area contributed by atoms with Gasteiger partial charge in [0, 0.05) is 6.61 Å². The first-order chi connectivity index (χ1) is 10.2. The second-order valence-corrected chi connectivity index (χ2v) is 6.08. The molecule has 0 bridgehead atoms. The van der Waals surface area contributed by atoms with Crippen molar-refractivity contribution in [3.63, 3.8) is 0 Å². The van der Waals surface area contributed by atoms with Crippen molar-refractivity contribution in [2.24, 2.45) is 5.92 Å². The lowest BCUT2D eigenvalue weighted by Crippen LogP contribution is -2.24. The summed E-state index contributed by atoms with van der Waals surface area (Å²) in [4.78, 5) is 11.2.